The molecule has 2 aromatic carbocycles. The van der Waals surface area contributed by atoms with Crippen LogP contribution in [0, 0.1) is 0 Å². The molecular weight excluding hydrogens is 254 g/mol. The molecule has 0 bridgehead atoms. The predicted octanol–water partition coefficient (Wildman–Crippen LogP) is 4.20. The van der Waals surface area contributed by atoms with Gasteiger partial charge in [0, 0.05) is 17.5 Å². The fourth-order valence-corrected chi connectivity index (χ4v) is 3.14. The molecule has 0 radical (unpaired) electrons. The van der Waals surface area contributed by atoms with Gasteiger partial charge >= 0.3 is 0 Å². The Balaban J connectivity index is 1.91. The second-order valence-electron chi connectivity index (χ2n) is 5.17. The fraction of sp³-hybridized carbons (Fsp3) is 0.294. The first-order chi connectivity index (χ1) is 9.34. The molecule has 2 atom stereocenters. The van der Waals surface area contributed by atoms with Crippen molar-refractivity contribution < 1.29 is 0 Å². The van der Waals surface area contributed by atoms with Crippen molar-refractivity contribution in [3.05, 3.63) is 70.7 Å². The van der Waals surface area contributed by atoms with Crippen LogP contribution in [0.3, 0.4) is 0 Å². The number of rotatable bonds is 2. The minimum absolute atomic E-state index is 0.536. The topological polar surface area (TPSA) is 12.0 Å². The first-order valence-electron chi connectivity index (χ1n) is 6.86. The summed E-state index contributed by atoms with van der Waals surface area (Å²) in [5.74, 6) is 1.14. The molecule has 1 fully saturated rings. The number of hydrogen-bond donors (Lipinski definition) is 1. The van der Waals surface area contributed by atoms with Crippen molar-refractivity contribution in [3.63, 3.8) is 0 Å². The largest absolute Gasteiger partial charge is 0.316 e. The van der Waals surface area contributed by atoms with Crippen LogP contribution in [0.25, 0.3) is 0 Å². The maximum atomic E-state index is 5.99. The summed E-state index contributed by atoms with van der Waals surface area (Å²) in [7, 11) is 0. The third kappa shape index (κ3) is 2.83. The van der Waals surface area contributed by atoms with E-state index in [4.69, 9.17) is 11.6 Å². The molecule has 1 nitrogen and oxygen atoms in total. The van der Waals surface area contributed by atoms with Crippen molar-refractivity contribution in [1.82, 2.24) is 5.32 Å². The predicted molar refractivity (Wildman–Crippen MR) is 80.9 cm³/mol. The van der Waals surface area contributed by atoms with Crippen LogP contribution in [-0.2, 0) is 0 Å². The molecule has 19 heavy (non-hydrogen) atoms. The van der Waals surface area contributed by atoms with Gasteiger partial charge in [-0.05, 0) is 42.1 Å². The van der Waals surface area contributed by atoms with Gasteiger partial charge < -0.3 is 5.32 Å². The Morgan fingerprint density at radius 3 is 2.26 bits per heavy atom. The first-order valence-corrected chi connectivity index (χ1v) is 7.23. The molecule has 0 aliphatic carbocycles. The van der Waals surface area contributed by atoms with Crippen LogP contribution in [0.15, 0.2) is 54.6 Å². The normalized spacial score (nSPS) is 23.2. The number of piperidine rings is 1. The van der Waals surface area contributed by atoms with E-state index in [1.54, 1.807) is 0 Å². The summed E-state index contributed by atoms with van der Waals surface area (Å²) >= 11 is 5.99. The molecule has 98 valence electrons. The molecule has 0 saturated carbocycles. The van der Waals surface area contributed by atoms with Gasteiger partial charge in [-0.15, -0.1) is 0 Å². The van der Waals surface area contributed by atoms with E-state index >= 15 is 0 Å². The average molecular weight is 272 g/mol. The van der Waals surface area contributed by atoms with Crippen molar-refractivity contribution in [2.75, 3.05) is 13.1 Å². The Bertz CT molecular complexity index is 521. The highest BCUT2D eigenvalue weighted by atomic mass is 35.5. The number of hydrogen-bond acceptors (Lipinski definition) is 1. The summed E-state index contributed by atoms with van der Waals surface area (Å²) in [4.78, 5) is 0. The molecule has 1 saturated heterocycles. The van der Waals surface area contributed by atoms with Crippen molar-refractivity contribution in [3.8, 4) is 0 Å². The molecule has 0 spiro atoms. The van der Waals surface area contributed by atoms with E-state index in [1.165, 1.54) is 17.5 Å². The van der Waals surface area contributed by atoms with Gasteiger partial charge in [-0.25, -0.2) is 0 Å². The third-order valence-electron chi connectivity index (χ3n) is 4.01. The summed E-state index contributed by atoms with van der Waals surface area (Å²) in [6, 6.07) is 19.2. The molecule has 1 aliphatic rings. The molecular formula is C17H18ClN. The highest BCUT2D eigenvalue weighted by Crippen LogP contribution is 2.37. The van der Waals surface area contributed by atoms with Crippen molar-refractivity contribution >= 4 is 11.6 Å². The lowest BCUT2D eigenvalue weighted by molar-refractivity contribution is 0.404. The minimum Gasteiger partial charge on any atom is -0.316 e. The Morgan fingerprint density at radius 1 is 0.842 bits per heavy atom. The number of nitrogens with one attached hydrogen (secondary N) is 1. The van der Waals surface area contributed by atoms with E-state index in [0.29, 0.717) is 11.8 Å². The number of halogens is 1. The summed E-state index contributed by atoms with van der Waals surface area (Å²) in [6.07, 6.45) is 1.19. The summed E-state index contributed by atoms with van der Waals surface area (Å²) in [5.41, 5.74) is 2.83. The van der Waals surface area contributed by atoms with E-state index in [9.17, 15) is 0 Å². The maximum absolute atomic E-state index is 5.99. The highest BCUT2D eigenvalue weighted by molar-refractivity contribution is 6.30. The van der Waals surface area contributed by atoms with Crippen LogP contribution < -0.4 is 5.32 Å². The minimum atomic E-state index is 0.536. The van der Waals surface area contributed by atoms with Gasteiger partial charge in [0.1, 0.15) is 0 Å². The van der Waals surface area contributed by atoms with Gasteiger partial charge in [-0.2, -0.15) is 0 Å². The number of benzene rings is 2. The van der Waals surface area contributed by atoms with Crippen LogP contribution in [-0.4, -0.2) is 13.1 Å². The van der Waals surface area contributed by atoms with Gasteiger partial charge in [0.2, 0.25) is 0 Å². The van der Waals surface area contributed by atoms with Gasteiger partial charge in [0.05, 0.1) is 0 Å². The molecule has 3 rings (SSSR count). The standard InChI is InChI=1S/C17H18ClN/c18-15-8-6-14(7-9-15)17-12-19-11-10-16(17)13-4-2-1-3-5-13/h1-9,16-17,19H,10-12H2/t16-,17+/m1/s1. The second-order valence-corrected chi connectivity index (χ2v) is 5.60. The van der Waals surface area contributed by atoms with Crippen LogP contribution in [0.5, 0.6) is 0 Å². The van der Waals surface area contributed by atoms with Crippen molar-refractivity contribution in [2.45, 2.75) is 18.3 Å². The maximum Gasteiger partial charge on any atom is 0.0406 e. The van der Waals surface area contributed by atoms with E-state index < -0.39 is 0 Å². The zero-order valence-electron chi connectivity index (χ0n) is 10.9. The third-order valence-corrected chi connectivity index (χ3v) is 4.26. The van der Waals surface area contributed by atoms with Crippen LogP contribution in [0.1, 0.15) is 29.4 Å². The van der Waals surface area contributed by atoms with Crippen LogP contribution >= 0.6 is 11.6 Å². The molecule has 1 heterocycles. The smallest absolute Gasteiger partial charge is 0.0406 e. The Morgan fingerprint density at radius 2 is 1.53 bits per heavy atom. The monoisotopic (exact) mass is 271 g/mol. The Kier molecular flexibility index (Phi) is 3.86. The average Bonchev–Trinajstić information content (AvgIpc) is 2.49. The van der Waals surface area contributed by atoms with E-state index in [2.05, 4.69) is 47.8 Å². The second kappa shape index (κ2) is 5.77. The quantitative estimate of drug-likeness (QED) is 0.863. The first kappa shape index (κ1) is 12.7. The Hall–Kier alpha value is -1.31. The lowest BCUT2D eigenvalue weighted by Crippen LogP contribution is -2.33. The Labute approximate surface area is 119 Å². The SMILES string of the molecule is Clc1ccc([C@@H]2CNCC[C@@H]2c2ccccc2)cc1. The fourth-order valence-electron chi connectivity index (χ4n) is 3.02. The molecule has 0 unspecified atom stereocenters. The van der Waals surface area contributed by atoms with Gasteiger partial charge in [-0.3, -0.25) is 0 Å². The molecule has 2 aromatic rings. The zero-order chi connectivity index (χ0) is 13.1. The highest BCUT2D eigenvalue weighted by Gasteiger charge is 2.27. The lowest BCUT2D eigenvalue weighted by atomic mass is 9.77. The molecule has 1 N–H and O–H groups in total. The van der Waals surface area contributed by atoms with Gasteiger partial charge in [-0.1, -0.05) is 54.1 Å². The molecule has 0 aromatic heterocycles. The van der Waals surface area contributed by atoms with Crippen LogP contribution in [0.2, 0.25) is 5.02 Å². The summed E-state index contributed by atoms with van der Waals surface area (Å²) in [5, 5.41) is 4.32. The molecule has 2 heteroatoms. The lowest BCUT2D eigenvalue weighted by Gasteiger charge is -2.33. The van der Waals surface area contributed by atoms with Crippen molar-refractivity contribution in [2.24, 2.45) is 0 Å². The van der Waals surface area contributed by atoms with Gasteiger partial charge in [0.15, 0.2) is 0 Å². The van der Waals surface area contributed by atoms with Gasteiger partial charge in [0.25, 0.3) is 0 Å². The molecule has 0 amide bonds. The summed E-state index contributed by atoms with van der Waals surface area (Å²) < 4.78 is 0. The van der Waals surface area contributed by atoms with Crippen molar-refractivity contribution in [1.29, 1.82) is 0 Å². The zero-order valence-corrected chi connectivity index (χ0v) is 11.6. The van der Waals surface area contributed by atoms with E-state index in [1.807, 2.05) is 12.1 Å². The van der Waals surface area contributed by atoms with Crippen LogP contribution in [0.4, 0.5) is 0 Å². The molecule has 1 aliphatic heterocycles. The van der Waals surface area contributed by atoms with E-state index in [0.717, 1.165) is 18.1 Å². The summed E-state index contributed by atoms with van der Waals surface area (Å²) in [6.45, 7) is 2.14. The van der Waals surface area contributed by atoms with E-state index in [-0.39, 0.29) is 0 Å².